The second-order valence-corrected chi connectivity index (χ2v) is 11.8. The second kappa shape index (κ2) is 11.7. The first-order valence-corrected chi connectivity index (χ1v) is 14.6. The lowest BCUT2D eigenvalue weighted by molar-refractivity contribution is -0.152. The summed E-state index contributed by atoms with van der Waals surface area (Å²) < 4.78 is 25.4. The van der Waals surface area contributed by atoms with Gasteiger partial charge in [0.2, 0.25) is 5.91 Å². The van der Waals surface area contributed by atoms with Gasteiger partial charge < -0.3 is 14.4 Å². The molecule has 1 aromatic rings. The molecule has 0 bridgehead atoms. The van der Waals surface area contributed by atoms with Crippen molar-refractivity contribution in [1.82, 2.24) is 9.80 Å². The minimum absolute atomic E-state index is 0.00888. The van der Waals surface area contributed by atoms with Crippen molar-refractivity contribution in [3.8, 4) is 0 Å². The third-order valence-electron chi connectivity index (χ3n) is 8.97. The molecule has 0 N–H and O–H groups in total. The third kappa shape index (κ3) is 5.65. The van der Waals surface area contributed by atoms with Gasteiger partial charge in [0.15, 0.2) is 5.78 Å². The van der Waals surface area contributed by atoms with E-state index in [2.05, 4.69) is 6.08 Å². The van der Waals surface area contributed by atoms with Gasteiger partial charge in [0.25, 0.3) is 0 Å². The van der Waals surface area contributed by atoms with E-state index >= 15 is 0 Å². The van der Waals surface area contributed by atoms with E-state index in [0.717, 1.165) is 37.7 Å². The van der Waals surface area contributed by atoms with Crippen LogP contribution in [0, 0.1) is 23.1 Å². The molecule has 2 fully saturated rings. The molecule has 8 nitrogen and oxygen atoms in total. The highest BCUT2D eigenvalue weighted by atomic mass is 19.1. The number of ketones is 1. The van der Waals surface area contributed by atoms with Crippen LogP contribution in [0.2, 0.25) is 0 Å². The summed E-state index contributed by atoms with van der Waals surface area (Å²) in [5, 5.41) is 0. The largest absolute Gasteiger partial charge is 0.466 e. The molecule has 3 heterocycles. The number of rotatable bonds is 3. The predicted molar refractivity (Wildman–Crippen MR) is 144 cm³/mol. The maximum Gasteiger partial charge on any atom is 0.410 e. The van der Waals surface area contributed by atoms with Gasteiger partial charge >= 0.3 is 12.1 Å². The Balaban J connectivity index is 1.33. The molecule has 1 saturated heterocycles. The van der Waals surface area contributed by atoms with Crippen LogP contribution < -0.4 is 0 Å². The van der Waals surface area contributed by atoms with Gasteiger partial charge in [-0.2, -0.15) is 0 Å². The van der Waals surface area contributed by atoms with Crippen molar-refractivity contribution in [2.24, 2.45) is 17.3 Å². The van der Waals surface area contributed by atoms with Crippen molar-refractivity contribution >= 4 is 23.8 Å². The molecule has 1 aliphatic carbocycles. The van der Waals surface area contributed by atoms with Crippen molar-refractivity contribution < 1.29 is 33.0 Å². The number of halogens is 1. The number of fused-ring (bicyclic) bond motifs is 3. The second-order valence-electron chi connectivity index (χ2n) is 11.8. The van der Waals surface area contributed by atoms with Crippen molar-refractivity contribution in [3.05, 3.63) is 47.3 Å². The van der Waals surface area contributed by atoms with Gasteiger partial charge in [0, 0.05) is 30.9 Å². The summed E-state index contributed by atoms with van der Waals surface area (Å²) in [5.41, 5.74) is 0.326. The lowest BCUT2D eigenvalue weighted by Gasteiger charge is -2.27. The van der Waals surface area contributed by atoms with Crippen LogP contribution in [-0.4, -0.2) is 58.9 Å². The van der Waals surface area contributed by atoms with E-state index in [0.29, 0.717) is 12.0 Å². The zero-order valence-electron chi connectivity index (χ0n) is 23.4. The molecule has 0 radical (unpaired) electrons. The molecule has 40 heavy (non-hydrogen) atoms. The van der Waals surface area contributed by atoms with E-state index < -0.39 is 23.7 Å². The fourth-order valence-electron chi connectivity index (χ4n) is 6.51. The zero-order chi connectivity index (χ0) is 28.4. The highest BCUT2D eigenvalue weighted by molar-refractivity contribution is 5.95. The fourth-order valence-corrected chi connectivity index (χ4v) is 6.51. The van der Waals surface area contributed by atoms with Gasteiger partial charge in [0.05, 0.1) is 31.2 Å². The summed E-state index contributed by atoms with van der Waals surface area (Å²) in [7, 11) is 0. The first-order valence-electron chi connectivity index (χ1n) is 14.6. The summed E-state index contributed by atoms with van der Waals surface area (Å²) in [6, 6.07) is 4.00. The summed E-state index contributed by atoms with van der Waals surface area (Å²) >= 11 is 0. The number of carbonyl (C=O) groups is 4. The van der Waals surface area contributed by atoms with Gasteiger partial charge in [-0.15, -0.1) is 0 Å². The maximum atomic E-state index is 14.2. The van der Waals surface area contributed by atoms with Crippen LogP contribution in [0.15, 0.2) is 30.4 Å². The molecular formula is C31H39FN2O6. The fraction of sp³-hybridized carbons (Fsp3) is 0.613. The Morgan fingerprint density at radius 2 is 1.98 bits per heavy atom. The first kappa shape index (κ1) is 28.3. The smallest absolute Gasteiger partial charge is 0.410 e. The van der Waals surface area contributed by atoms with Gasteiger partial charge in [-0.3, -0.25) is 19.3 Å². The number of ether oxygens (including phenoxy) is 2. The quantitative estimate of drug-likeness (QED) is 0.389. The van der Waals surface area contributed by atoms with Crippen LogP contribution in [0.5, 0.6) is 0 Å². The Morgan fingerprint density at radius 1 is 1.15 bits per heavy atom. The van der Waals surface area contributed by atoms with Gasteiger partial charge in [-0.1, -0.05) is 44.1 Å². The summed E-state index contributed by atoms with van der Waals surface area (Å²) in [6.45, 7) is 4.36. The molecule has 5 rings (SSSR count). The lowest BCUT2D eigenvalue weighted by atomic mass is 9.91. The molecule has 3 aliphatic heterocycles. The standard InChI is InChI=1S/C31H39FN2O6/c1-3-39-29(37)31-15-22(31)12-8-6-4-5-7-10-20(2)28(36)34-18-23(14-26(34)27(35)16-31)40-30(38)33-17-21-11-9-13-25(32)24(21)19-33/h8-9,11-13,20,22-23,26H,3-7,10,14-19H2,1-2H3/b12-8-/t20-,22+,23+,26-,31+/m0/s1. The Morgan fingerprint density at radius 3 is 2.75 bits per heavy atom. The maximum absolute atomic E-state index is 14.2. The van der Waals surface area contributed by atoms with Crippen molar-refractivity contribution in [3.63, 3.8) is 0 Å². The Labute approximate surface area is 234 Å². The molecule has 0 spiro atoms. The Kier molecular flexibility index (Phi) is 8.29. The molecule has 1 saturated carbocycles. The van der Waals surface area contributed by atoms with E-state index in [1.54, 1.807) is 24.0 Å². The predicted octanol–water partition coefficient (Wildman–Crippen LogP) is 4.93. The Hall–Kier alpha value is -3.23. The van der Waals surface area contributed by atoms with E-state index in [4.69, 9.17) is 9.47 Å². The number of hydrogen-bond acceptors (Lipinski definition) is 6. The summed E-state index contributed by atoms with van der Waals surface area (Å²) in [5.74, 6) is -1.37. The number of Topliss-reactive ketones (excluding diaryl/α,β-unsaturated/α-hetero) is 1. The van der Waals surface area contributed by atoms with E-state index in [1.165, 1.54) is 11.0 Å². The Bertz CT molecular complexity index is 1200. The van der Waals surface area contributed by atoms with E-state index in [9.17, 15) is 23.6 Å². The third-order valence-corrected chi connectivity index (χ3v) is 8.97. The van der Waals surface area contributed by atoms with Crippen molar-refractivity contribution in [2.45, 2.75) is 90.4 Å². The van der Waals surface area contributed by atoms with Crippen LogP contribution in [0.25, 0.3) is 0 Å². The molecule has 5 atom stereocenters. The van der Waals surface area contributed by atoms with Crippen LogP contribution in [0.4, 0.5) is 9.18 Å². The average Bonchev–Trinajstić information content (AvgIpc) is 3.24. The summed E-state index contributed by atoms with van der Waals surface area (Å²) in [6.07, 6.45) is 8.15. The molecule has 1 aromatic carbocycles. The van der Waals surface area contributed by atoms with Gasteiger partial charge in [0.1, 0.15) is 11.9 Å². The number of carbonyl (C=O) groups excluding carboxylic acids is 4. The highest BCUT2D eigenvalue weighted by Gasteiger charge is 2.61. The van der Waals surface area contributed by atoms with Crippen LogP contribution >= 0.6 is 0 Å². The highest BCUT2D eigenvalue weighted by Crippen LogP contribution is 2.57. The van der Waals surface area contributed by atoms with Crippen LogP contribution in [0.3, 0.4) is 0 Å². The first-order chi connectivity index (χ1) is 19.2. The molecule has 0 unspecified atom stereocenters. The molecule has 9 heteroatoms. The number of nitrogens with zero attached hydrogens (tertiary/aromatic N) is 2. The van der Waals surface area contributed by atoms with Crippen LogP contribution in [-0.2, 0) is 36.9 Å². The molecule has 216 valence electrons. The normalized spacial score (nSPS) is 31.4. The minimum Gasteiger partial charge on any atom is -0.466 e. The molecular weight excluding hydrogens is 515 g/mol. The van der Waals surface area contributed by atoms with E-state index in [-0.39, 0.29) is 74.4 Å². The van der Waals surface area contributed by atoms with Gasteiger partial charge in [-0.25, -0.2) is 9.18 Å². The lowest BCUT2D eigenvalue weighted by Crippen LogP contribution is -2.44. The number of amides is 2. The zero-order valence-corrected chi connectivity index (χ0v) is 23.4. The number of benzene rings is 1. The SMILES string of the molecule is CCOC(=O)[C@]12CC(=O)[C@@H]3C[C@@H](OC(=O)N4Cc5cccc(F)c5C4)CN3C(=O)[C@@H](C)CCCCC/C=C\[C@@H]1C2. The van der Waals surface area contributed by atoms with Gasteiger partial charge in [-0.05, 0) is 50.2 Å². The average molecular weight is 555 g/mol. The summed E-state index contributed by atoms with van der Waals surface area (Å²) in [4.78, 5) is 56.4. The number of esters is 1. The number of allylic oxidation sites excluding steroid dienone is 2. The topological polar surface area (TPSA) is 93.2 Å². The molecule has 2 amide bonds. The minimum atomic E-state index is -0.899. The monoisotopic (exact) mass is 554 g/mol. The van der Waals surface area contributed by atoms with Crippen molar-refractivity contribution in [2.75, 3.05) is 13.2 Å². The van der Waals surface area contributed by atoms with Crippen LogP contribution in [0.1, 0.15) is 76.3 Å². The van der Waals surface area contributed by atoms with E-state index in [1.807, 2.05) is 13.0 Å². The van der Waals surface area contributed by atoms with Crippen molar-refractivity contribution in [1.29, 1.82) is 0 Å². The molecule has 4 aliphatic rings. The number of hydrogen-bond donors (Lipinski definition) is 0. The molecule has 0 aromatic heterocycles.